The molecule has 0 radical (unpaired) electrons. The minimum atomic E-state index is -0.00954. The molecule has 1 amide bonds. The average molecular weight is 335 g/mol. The average Bonchev–Trinajstić information content (AvgIpc) is 3.18. The van der Waals surface area contributed by atoms with Crippen molar-refractivity contribution in [3.05, 3.63) is 16.6 Å². The van der Waals surface area contributed by atoms with E-state index in [0.29, 0.717) is 5.92 Å². The van der Waals surface area contributed by atoms with Crippen molar-refractivity contribution in [3.63, 3.8) is 0 Å². The van der Waals surface area contributed by atoms with Crippen LogP contribution in [0.4, 0.5) is 0 Å². The van der Waals surface area contributed by atoms with Crippen LogP contribution in [-0.4, -0.2) is 34.4 Å². The SMILES string of the molecule is Cc1nn(CC(C)C)c2sc(C(=O)N[C@H](C)[C@@H]3CCCO3)cc12. The summed E-state index contributed by atoms with van der Waals surface area (Å²) in [7, 11) is 0. The second-order valence-electron chi connectivity index (χ2n) is 6.80. The topological polar surface area (TPSA) is 56.2 Å². The maximum atomic E-state index is 12.5. The van der Waals surface area contributed by atoms with Crippen LogP contribution in [-0.2, 0) is 11.3 Å². The first-order chi connectivity index (χ1) is 11.0. The number of fused-ring (bicyclic) bond motifs is 1. The van der Waals surface area contributed by atoms with Crippen LogP contribution in [0.2, 0.25) is 0 Å². The largest absolute Gasteiger partial charge is 0.376 e. The van der Waals surface area contributed by atoms with Gasteiger partial charge in [-0.2, -0.15) is 5.10 Å². The van der Waals surface area contributed by atoms with Crippen LogP contribution in [0.3, 0.4) is 0 Å². The van der Waals surface area contributed by atoms with Gasteiger partial charge in [-0.05, 0) is 38.7 Å². The van der Waals surface area contributed by atoms with Gasteiger partial charge in [-0.1, -0.05) is 13.8 Å². The molecule has 2 atom stereocenters. The van der Waals surface area contributed by atoms with E-state index in [1.807, 2.05) is 24.6 Å². The maximum absolute atomic E-state index is 12.5. The molecule has 23 heavy (non-hydrogen) atoms. The molecule has 1 aliphatic rings. The van der Waals surface area contributed by atoms with Crippen molar-refractivity contribution in [1.82, 2.24) is 15.1 Å². The number of hydrogen-bond donors (Lipinski definition) is 1. The summed E-state index contributed by atoms with van der Waals surface area (Å²) in [6.07, 6.45) is 2.25. The molecule has 6 heteroatoms. The Hall–Kier alpha value is -1.40. The molecule has 0 aliphatic carbocycles. The summed E-state index contributed by atoms with van der Waals surface area (Å²) in [5.41, 5.74) is 0.989. The fraction of sp³-hybridized carbons (Fsp3) is 0.647. The van der Waals surface area contributed by atoms with Crippen molar-refractivity contribution in [2.75, 3.05) is 6.61 Å². The van der Waals surface area contributed by atoms with Gasteiger partial charge >= 0.3 is 0 Å². The lowest BCUT2D eigenvalue weighted by Gasteiger charge is -2.19. The number of ether oxygens (including phenoxy) is 1. The molecule has 1 fully saturated rings. The van der Waals surface area contributed by atoms with Gasteiger partial charge in [0.1, 0.15) is 4.83 Å². The van der Waals surface area contributed by atoms with Gasteiger partial charge in [0.2, 0.25) is 0 Å². The molecule has 0 bridgehead atoms. The summed E-state index contributed by atoms with van der Waals surface area (Å²) in [5, 5.41) is 8.76. The van der Waals surface area contributed by atoms with Gasteiger partial charge in [0.05, 0.1) is 22.7 Å². The summed E-state index contributed by atoms with van der Waals surface area (Å²) in [4.78, 5) is 14.4. The van der Waals surface area contributed by atoms with Gasteiger partial charge in [0.25, 0.3) is 5.91 Å². The highest BCUT2D eigenvalue weighted by molar-refractivity contribution is 7.20. The summed E-state index contributed by atoms with van der Waals surface area (Å²) in [6.45, 7) is 10.0. The number of carbonyl (C=O) groups is 1. The first kappa shape index (κ1) is 16.5. The van der Waals surface area contributed by atoms with Crippen LogP contribution in [0.15, 0.2) is 6.07 Å². The molecule has 0 aromatic carbocycles. The van der Waals surface area contributed by atoms with Crippen LogP contribution in [0.5, 0.6) is 0 Å². The predicted molar refractivity (Wildman–Crippen MR) is 93.1 cm³/mol. The van der Waals surface area contributed by atoms with E-state index in [1.165, 1.54) is 11.3 Å². The molecular formula is C17H25N3O2S. The zero-order chi connectivity index (χ0) is 16.6. The number of aromatic nitrogens is 2. The number of nitrogens with zero attached hydrogens (tertiary/aromatic N) is 2. The van der Waals surface area contributed by atoms with Gasteiger partial charge in [-0.15, -0.1) is 11.3 Å². The molecule has 2 aromatic rings. The molecule has 0 spiro atoms. The lowest BCUT2D eigenvalue weighted by Crippen LogP contribution is -2.40. The normalized spacial score (nSPS) is 19.6. The molecule has 1 aliphatic heterocycles. The monoisotopic (exact) mass is 335 g/mol. The molecule has 126 valence electrons. The van der Waals surface area contributed by atoms with E-state index in [9.17, 15) is 4.79 Å². The Labute approximate surface area is 141 Å². The third-order valence-electron chi connectivity index (χ3n) is 4.25. The summed E-state index contributed by atoms with van der Waals surface area (Å²) >= 11 is 1.53. The Kier molecular flexibility index (Phi) is 4.73. The second kappa shape index (κ2) is 6.61. The Bertz CT molecular complexity index is 698. The van der Waals surface area contributed by atoms with Crippen LogP contribution in [0.25, 0.3) is 10.2 Å². The van der Waals surface area contributed by atoms with Crippen molar-refractivity contribution in [1.29, 1.82) is 0 Å². The zero-order valence-electron chi connectivity index (χ0n) is 14.3. The van der Waals surface area contributed by atoms with E-state index >= 15 is 0 Å². The Morgan fingerprint density at radius 2 is 2.30 bits per heavy atom. The van der Waals surface area contributed by atoms with Crippen LogP contribution in [0, 0.1) is 12.8 Å². The Morgan fingerprint density at radius 1 is 1.52 bits per heavy atom. The first-order valence-corrected chi connectivity index (χ1v) is 9.16. The van der Waals surface area contributed by atoms with Crippen LogP contribution >= 0.6 is 11.3 Å². The molecule has 0 saturated carbocycles. The van der Waals surface area contributed by atoms with Crippen molar-refractivity contribution in [2.24, 2.45) is 5.92 Å². The number of thiophene rings is 1. The number of aryl methyl sites for hydroxylation is 1. The first-order valence-electron chi connectivity index (χ1n) is 8.35. The lowest BCUT2D eigenvalue weighted by molar-refractivity contribution is 0.0714. The molecular weight excluding hydrogens is 310 g/mol. The van der Waals surface area contributed by atoms with Gasteiger partial charge in [0.15, 0.2) is 0 Å². The Balaban J connectivity index is 1.78. The van der Waals surface area contributed by atoms with Gasteiger partial charge in [-0.3, -0.25) is 9.48 Å². The number of rotatable bonds is 5. The smallest absolute Gasteiger partial charge is 0.261 e. The van der Waals surface area contributed by atoms with E-state index in [1.54, 1.807) is 0 Å². The molecule has 5 nitrogen and oxygen atoms in total. The van der Waals surface area contributed by atoms with E-state index in [4.69, 9.17) is 4.74 Å². The van der Waals surface area contributed by atoms with E-state index in [2.05, 4.69) is 24.3 Å². The van der Waals surface area contributed by atoms with Crippen molar-refractivity contribution >= 4 is 27.5 Å². The summed E-state index contributed by atoms with van der Waals surface area (Å²) < 4.78 is 7.68. The zero-order valence-corrected chi connectivity index (χ0v) is 15.1. The number of hydrogen-bond acceptors (Lipinski definition) is 4. The molecule has 0 unspecified atom stereocenters. The number of nitrogens with one attached hydrogen (secondary N) is 1. The standard InChI is InChI=1S/C17H25N3O2S/c1-10(2)9-20-17-13(11(3)19-20)8-15(23-17)16(21)18-12(4)14-6-5-7-22-14/h8,10,12,14H,5-7,9H2,1-4H3,(H,18,21)/t12-,14+/m1/s1. The van der Waals surface area contributed by atoms with E-state index in [-0.39, 0.29) is 18.1 Å². The van der Waals surface area contributed by atoms with Gasteiger partial charge in [-0.25, -0.2) is 0 Å². The van der Waals surface area contributed by atoms with Gasteiger partial charge in [0, 0.05) is 18.5 Å². The third kappa shape index (κ3) is 3.43. The van der Waals surface area contributed by atoms with Crippen LogP contribution in [0.1, 0.15) is 49.0 Å². The van der Waals surface area contributed by atoms with Crippen molar-refractivity contribution in [3.8, 4) is 0 Å². The fourth-order valence-electron chi connectivity index (χ4n) is 3.06. The molecule has 1 saturated heterocycles. The van der Waals surface area contributed by atoms with E-state index < -0.39 is 0 Å². The number of amides is 1. The Morgan fingerprint density at radius 3 is 2.96 bits per heavy atom. The minimum Gasteiger partial charge on any atom is -0.376 e. The van der Waals surface area contributed by atoms with Gasteiger partial charge < -0.3 is 10.1 Å². The second-order valence-corrected chi connectivity index (χ2v) is 7.84. The van der Waals surface area contributed by atoms with E-state index in [0.717, 1.165) is 46.8 Å². The van der Waals surface area contributed by atoms with Crippen molar-refractivity contribution in [2.45, 2.75) is 59.2 Å². The highest BCUT2D eigenvalue weighted by Gasteiger charge is 2.25. The summed E-state index contributed by atoms with van der Waals surface area (Å²) in [6, 6.07) is 2.01. The van der Waals surface area contributed by atoms with Crippen LogP contribution < -0.4 is 5.32 Å². The highest BCUT2D eigenvalue weighted by atomic mass is 32.1. The third-order valence-corrected chi connectivity index (χ3v) is 5.40. The number of carbonyl (C=O) groups excluding carboxylic acids is 1. The van der Waals surface area contributed by atoms with Crippen molar-refractivity contribution < 1.29 is 9.53 Å². The minimum absolute atomic E-state index is 0.00954. The molecule has 3 heterocycles. The quantitative estimate of drug-likeness (QED) is 0.911. The fourth-order valence-corrected chi connectivity index (χ4v) is 4.14. The maximum Gasteiger partial charge on any atom is 0.261 e. The highest BCUT2D eigenvalue weighted by Crippen LogP contribution is 2.29. The molecule has 3 rings (SSSR count). The molecule has 1 N–H and O–H groups in total. The summed E-state index contributed by atoms with van der Waals surface area (Å²) in [5.74, 6) is 0.515. The molecule has 2 aromatic heterocycles. The lowest BCUT2D eigenvalue weighted by atomic mass is 10.1. The predicted octanol–water partition coefficient (Wildman–Crippen LogP) is 3.36.